The number of hydrazone groups is 1. The number of hydrogen-bond donors (Lipinski definition) is 2. The van der Waals surface area contributed by atoms with Gasteiger partial charge in [-0.2, -0.15) is 5.10 Å². The van der Waals surface area contributed by atoms with E-state index in [-0.39, 0.29) is 5.91 Å². The van der Waals surface area contributed by atoms with Crippen molar-refractivity contribution in [2.75, 3.05) is 41.9 Å². The molecule has 4 rings (SSSR count). The minimum absolute atomic E-state index is 0.0448. The molecule has 1 amide bonds. The Morgan fingerprint density at radius 3 is 2.76 bits per heavy atom. The first-order chi connectivity index (χ1) is 16.7. The number of rotatable bonds is 9. The molecular formula is C25H29N7O2. The zero-order valence-corrected chi connectivity index (χ0v) is 19.3. The normalized spacial score (nSPS) is 13.7. The molecule has 1 aliphatic heterocycles. The summed E-state index contributed by atoms with van der Waals surface area (Å²) in [7, 11) is 0. The van der Waals surface area contributed by atoms with Crippen molar-refractivity contribution in [1.29, 1.82) is 0 Å². The van der Waals surface area contributed by atoms with Crippen LogP contribution in [0.4, 0.5) is 17.3 Å². The van der Waals surface area contributed by atoms with Crippen molar-refractivity contribution in [3.8, 4) is 0 Å². The average molecular weight is 460 g/mol. The van der Waals surface area contributed by atoms with E-state index in [0.29, 0.717) is 44.1 Å². The minimum Gasteiger partial charge on any atom is -0.378 e. The number of nitrogens with zero attached hydrogens (tertiary/aromatic N) is 5. The number of morpholine rings is 1. The number of benzene rings is 1. The summed E-state index contributed by atoms with van der Waals surface area (Å²) >= 11 is 0. The monoisotopic (exact) mass is 459 g/mol. The van der Waals surface area contributed by atoms with E-state index in [9.17, 15) is 4.79 Å². The number of nitrogens with one attached hydrogen (secondary N) is 2. The Morgan fingerprint density at radius 1 is 1.15 bits per heavy atom. The Morgan fingerprint density at radius 2 is 1.97 bits per heavy atom. The average Bonchev–Trinajstić information content (AvgIpc) is 2.85. The van der Waals surface area contributed by atoms with Gasteiger partial charge >= 0.3 is 0 Å². The Labute approximate surface area is 199 Å². The molecule has 1 saturated heterocycles. The predicted molar refractivity (Wildman–Crippen MR) is 133 cm³/mol. The molecule has 9 heteroatoms. The van der Waals surface area contributed by atoms with Crippen molar-refractivity contribution in [1.82, 2.24) is 15.0 Å². The van der Waals surface area contributed by atoms with E-state index in [1.54, 1.807) is 30.7 Å². The Bertz CT molecular complexity index is 1120. The largest absolute Gasteiger partial charge is 0.378 e. The summed E-state index contributed by atoms with van der Waals surface area (Å²) < 4.78 is 5.47. The van der Waals surface area contributed by atoms with Crippen molar-refractivity contribution < 1.29 is 9.53 Å². The number of ether oxygens (including phenoxy) is 1. The van der Waals surface area contributed by atoms with Crippen molar-refractivity contribution in [2.24, 2.45) is 5.10 Å². The van der Waals surface area contributed by atoms with E-state index in [0.717, 1.165) is 30.2 Å². The van der Waals surface area contributed by atoms with E-state index in [2.05, 4.69) is 36.8 Å². The fourth-order valence-electron chi connectivity index (χ4n) is 3.60. The van der Waals surface area contributed by atoms with Gasteiger partial charge in [-0.15, -0.1) is 0 Å². The molecule has 9 nitrogen and oxygen atoms in total. The molecule has 1 fully saturated rings. The van der Waals surface area contributed by atoms with Crippen LogP contribution in [0.25, 0.3) is 0 Å². The summed E-state index contributed by atoms with van der Waals surface area (Å²) in [5, 5.41) is 7.23. The highest BCUT2D eigenvalue weighted by atomic mass is 16.5. The van der Waals surface area contributed by atoms with Gasteiger partial charge in [-0.1, -0.05) is 29.8 Å². The number of aryl methyl sites for hydroxylation is 2. The van der Waals surface area contributed by atoms with Gasteiger partial charge in [-0.3, -0.25) is 15.2 Å². The zero-order chi connectivity index (χ0) is 23.6. The van der Waals surface area contributed by atoms with Crippen molar-refractivity contribution in [2.45, 2.75) is 26.2 Å². The third kappa shape index (κ3) is 7.08. The predicted octanol–water partition coefficient (Wildman–Crippen LogP) is 3.42. The maximum Gasteiger partial charge on any atom is 0.224 e. The highest BCUT2D eigenvalue weighted by molar-refractivity contribution is 5.90. The summed E-state index contributed by atoms with van der Waals surface area (Å²) in [6, 6.07) is 13.5. The number of aromatic nitrogens is 3. The molecule has 176 valence electrons. The lowest BCUT2D eigenvalue weighted by Gasteiger charge is -2.28. The Hall–Kier alpha value is -3.85. The molecule has 2 N–H and O–H groups in total. The molecule has 3 heterocycles. The van der Waals surface area contributed by atoms with Gasteiger partial charge in [0.05, 0.1) is 19.4 Å². The van der Waals surface area contributed by atoms with Gasteiger partial charge in [0.1, 0.15) is 11.6 Å². The van der Waals surface area contributed by atoms with Crippen LogP contribution in [0.1, 0.15) is 29.8 Å². The molecule has 0 unspecified atom stereocenters. The minimum atomic E-state index is -0.0448. The van der Waals surface area contributed by atoms with Gasteiger partial charge in [0, 0.05) is 50.1 Å². The first-order valence-corrected chi connectivity index (χ1v) is 11.4. The number of carbonyl (C=O) groups is 1. The van der Waals surface area contributed by atoms with Gasteiger partial charge in [0.2, 0.25) is 5.91 Å². The first-order valence-electron chi connectivity index (χ1n) is 11.4. The molecule has 1 aliphatic rings. The summed E-state index contributed by atoms with van der Waals surface area (Å²) in [6.07, 6.45) is 6.66. The molecule has 0 bridgehead atoms. The number of anilines is 3. The van der Waals surface area contributed by atoms with Crippen LogP contribution in [0.5, 0.6) is 0 Å². The van der Waals surface area contributed by atoms with E-state index in [1.807, 2.05) is 31.2 Å². The molecule has 0 radical (unpaired) electrons. The summed E-state index contributed by atoms with van der Waals surface area (Å²) in [5.74, 6) is 2.09. The summed E-state index contributed by atoms with van der Waals surface area (Å²) in [4.78, 5) is 27.8. The molecule has 0 atom stereocenters. The van der Waals surface area contributed by atoms with E-state index >= 15 is 0 Å². The molecule has 34 heavy (non-hydrogen) atoms. The van der Waals surface area contributed by atoms with Crippen LogP contribution in [0.2, 0.25) is 0 Å². The maximum absolute atomic E-state index is 12.3. The number of carbonyl (C=O) groups excluding carboxylic acids is 1. The van der Waals surface area contributed by atoms with Gasteiger partial charge in [0.15, 0.2) is 5.82 Å². The van der Waals surface area contributed by atoms with E-state index in [1.165, 1.54) is 5.56 Å². The third-order valence-electron chi connectivity index (χ3n) is 5.30. The van der Waals surface area contributed by atoms with Crippen LogP contribution in [0.3, 0.4) is 0 Å². The standard InChI is InChI=1S/C25H29N7O2/c1-19-4-2-5-20(16-19)18-27-31-23-17-24(32-12-14-34-15-13-32)30-22(29-23)6-3-7-25(33)28-21-8-10-26-11-9-21/h2,4-5,8-11,16-18H,3,6-7,12-15H2,1H3,(H,26,28,33)(H,29,30,31). The molecular weight excluding hydrogens is 430 g/mol. The molecule has 0 aliphatic carbocycles. The lowest BCUT2D eigenvalue weighted by Crippen LogP contribution is -2.37. The van der Waals surface area contributed by atoms with Gasteiger partial charge in [-0.05, 0) is 31.0 Å². The van der Waals surface area contributed by atoms with Crippen molar-refractivity contribution in [3.63, 3.8) is 0 Å². The van der Waals surface area contributed by atoms with Crippen LogP contribution in [-0.2, 0) is 16.0 Å². The zero-order valence-electron chi connectivity index (χ0n) is 19.3. The Balaban J connectivity index is 1.40. The SMILES string of the molecule is Cc1cccc(C=NNc2cc(N3CCOCC3)nc(CCCC(=O)Nc3ccncc3)n2)c1. The maximum atomic E-state index is 12.3. The second kappa shape index (κ2) is 11.9. The molecule has 0 spiro atoms. The summed E-state index contributed by atoms with van der Waals surface area (Å²) in [5.41, 5.74) is 5.97. The van der Waals surface area contributed by atoms with E-state index < -0.39 is 0 Å². The molecule has 3 aromatic rings. The molecule has 2 aromatic heterocycles. The van der Waals surface area contributed by atoms with Crippen LogP contribution in [-0.4, -0.2) is 53.4 Å². The van der Waals surface area contributed by atoms with Gasteiger partial charge in [-0.25, -0.2) is 9.97 Å². The van der Waals surface area contributed by atoms with Crippen LogP contribution < -0.4 is 15.6 Å². The van der Waals surface area contributed by atoms with Crippen LogP contribution >= 0.6 is 0 Å². The van der Waals surface area contributed by atoms with Crippen molar-refractivity contribution in [3.05, 3.63) is 71.8 Å². The fourth-order valence-corrected chi connectivity index (χ4v) is 3.60. The van der Waals surface area contributed by atoms with Crippen LogP contribution in [0, 0.1) is 6.92 Å². The quantitative estimate of drug-likeness (QED) is 0.373. The van der Waals surface area contributed by atoms with E-state index in [4.69, 9.17) is 9.72 Å². The second-order valence-electron chi connectivity index (χ2n) is 8.05. The lowest BCUT2D eigenvalue weighted by atomic mass is 10.2. The van der Waals surface area contributed by atoms with Crippen LogP contribution in [0.15, 0.2) is 60.0 Å². The first kappa shape index (κ1) is 23.3. The fraction of sp³-hybridized carbons (Fsp3) is 0.320. The second-order valence-corrected chi connectivity index (χ2v) is 8.05. The lowest BCUT2D eigenvalue weighted by molar-refractivity contribution is -0.116. The number of pyridine rings is 1. The smallest absolute Gasteiger partial charge is 0.224 e. The Kier molecular flexibility index (Phi) is 8.13. The number of amides is 1. The highest BCUT2D eigenvalue weighted by Gasteiger charge is 2.15. The van der Waals surface area contributed by atoms with Gasteiger partial charge in [0.25, 0.3) is 0 Å². The van der Waals surface area contributed by atoms with Gasteiger partial charge < -0.3 is 15.0 Å². The molecule has 1 aromatic carbocycles. The molecule has 0 saturated carbocycles. The van der Waals surface area contributed by atoms with Crippen molar-refractivity contribution >= 4 is 29.4 Å². The third-order valence-corrected chi connectivity index (χ3v) is 5.30. The topological polar surface area (TPSA) is 105 Å². The summed E-state index contributed by atoms with van der Waals surface area (Å²) in [6.45, 7) is 4.94. The number of hydrogen-bond acceptors (Lipinski definition) is 8. The highest BCUT2D eigenvalue weighted by Crippen LogP contribution is 2.19.